The Labute approximate surface area is 149 Å². The molecule has 1 aromatic heterocycles. The number of anilines is 1. The molecule has 8 nitrogen and oxygen atoms in total. The van der Waals surface area contributed by atoms with Gasteiger partial charge in [0.15, 0.2) is 5.96 Å². The molecular formula is C17H27N7O. The van der Waals surface area contributed by atoms with Gasteiger partial charge >= 0.3 is 0 Å². The molecule has 8 heteroatoms. The van der Waals surface area contributed by atoms with E-state index in [1.165, 1.54) is 0 Å². The lowest BCUT2D eigenvalue weighted by Crippen LogP contribution is -2.53. The molecule has 0 aromatic carbocycles. The third-order valence-corrected chi connectivity index (χ3v) is 3.83. The van der Waals surface area contributed by atoms with Crippen LogP contribution in [0.5, 0.6) is 0 Å². The highest BCUT2D eigenvalue weighted by Gasteiger charge is 2.21. The number of rotatable bonds is 5. The Morgan fingerprint density at radius 2 is 1.92 bits per heavy atom. The molecule has 1 amide bonds. The Kier molecular flexibility index (Phi) is 6.73. The van der Waals surface area contributed by atoms with Crippen LogP contribution in [0.3, 0.4) is 0 Å². The molecule has 1 saturated heterocycles. The molecule has 136 valence electrons. The van der Waals surface area contributed by atoms with Gasteiger partial charge in [0.1, 0.15) is 6.54 Å². The Morgan fingerprint density at radius 1 is 1.28 bits per heavy atom. The van der Waals surface area contributed by atoms with Crippen molar-refractivity contribution in [2.24, 2.45) is 4.99 Å². The number of amides is 1. The summed E-state index contributed by atoms with van der Waals surface area (Å²) in [5, 5.41) is 3.29. The molecule has 1 aliphatic heterocycles. The van der Waals surface area contributed by atoms with E-state index in [1.54, 1.807) is 31.4 Å². The van der Waals surface area contributed by atoms with Crippen LogP contribution in [0.25, 0.3) is 0 Å². The van der Waals surface area contributed by atoms with Crippen LogP contribution in [0.1, 0.15) is 6.92 Å². The highest BCUT2D eigenvalue weighted by atomic mass is 16.2. The van der Waals surface area contributed by atoms with E-state index >= 15 is 0 Å². The van der Waals surface area contributed by atoms with Crippen LogP contribution in [-0.2, 0) is 4.79 Å². The van der Waals surface area contributed by atoms with Crippen molar-refractivity contribution in [2.45, 2.75) is 6.92 Å². The fraction of sp³-hybridized carbons (Fsp3) is 0.529. The van der Waals surface area contributed by atoms with Gasteiger partial charge in [-0.2, -0.15) is 0 Å². The number of nitrogens with one attached hydrogen (secondary N) is 1. The van der Waals surface area contributed by atoms with E-state index in [0.717, 1.165) is 43.7 Å². The number of guanidine groups is 1. The molecule has 1 aliphatic rings. The molecule has 1 aromatic rings. The first kappa shape index (κ1) is 18.7. The molecule has 1 fully saturated rings. The Morgan fingerprint density at radius 3 is 2.48 bits per heavy atom. The Balaban J connectivity index is 1.99. The predicted octanol–water partition coefficient (Wildman–Crippen LogP) is 0.209. The van der Waals surface area contributed by atoms with Crippen LogP contribution in [0.15, 0.2) is 35.6 Å². The summed E-state index contributed by atoms with van der Waals surface area (Å²) in [6.07, 6.45) is 3.51. The third kappa shape index (κ3) is 5.74. The Bertz CT molecular complexity index is 607. The lowest BCUT2D eigenvalue weighted by Gasteiger charge is -2.36. The van der Waals surface area contributed by atoms with Gasteiger partial charge in [-0.1, -0.05) is 12.2 Å². The van der Waals surface area contributed by atoms with Gasteiger partial charge in [0.05, 0.1) is 0 Å². The number of carbonyl (C=O) groups is 1. The number of carbonyl (C=O) groups excluding carboxylic acids is 1. The number of hydrogen-bond acceptors (Lipinski definition) is 5. The zero-order valence-corrected chi connectivity index (χ0v) is 15.3. The van der Waals surface area contributed by atoms with Crippen molar-refractivity contribution in [3.8, 4) is 0 Å². The molecule has 0 aliphatic carbocycles. The van der Waals surface area contributed by atoms with Crippen LogP contribution in [0.2, 0.25) is 0 Å². The minimum atomic E-state index is -0.0223. The summed E-state index contributed by atoms with van der Waals surface area (Å²) in [4.78, 5) is 30.8. The van der Waals surface area contributed by atoms with E-state index in [-0.39, 0.29) is 12.5 Å². The normalized spacial score (nSPS) is 15.1. The number of aromatic nitrogens is 2. The standard InChI is InChI=1S/C17H27N7O/c1-14(2)12-20-17(21-13-15(25)22(3)4)24-10-8-23(9-11-24)16-18-6-5-7-19-16/h5-7H,1,8-13H2,2-4H3,(H,20,21). The van der Waals surface area contributed by atoms with Gasteiger partial charge in [-0.3, -0.25) is 4.79 Å². The number of likely N-dealkylation sites (N-methyl/N-ethyl adjacent to an activating group) is 1. The van der Waals surface area contributed by atoms with E-state index in [1.807, 2.05) is 13.0 Å². The van der Waals surface area contributed by atoms with Gasteiger partial charge in [0, 0.05) is 59.2 Å². The van der Waals surface area contributed by atoms with Crippen molar-refractivity contribution in [1.29, 1.82) is 0 Å². The van der Waals surface area contributed by atoms with Crippen LogP contribution in [0, 0.1) is 0 Å². The van der Waals surface area contributed by atoms with Crippen molar-refractivity contribution in [3.63, 3.8) is 0 Å². The maximum Gasteiger partial charge on any atom is 0.243 e. The van der Waals surface area contributed by atoms with E-state index < -0.39 is 0 Å². The molecule has 1 N–H and O–H groups in total. The minimum Gasteiger partial charge on any atom is -0.352 e. The maximum atomic E-state index is 11.8. The van der Waals surface area contributed by atoms with Crippen molar-refractivity contribution < 1.29 is 4.79 Å². The molecule has 2 heterocycles. The van der Waals surface area contributed by atoms with Gasteiger partial charge in [0.25, 0.3) is 0 Å². The SMILES string of the molecule is C=C(C)CNC(=NCC(=O)N(C)C)N1CCN(c2ncccn2)CC1. The lowest BCUT2D eigenvalue weighted by molar-refractivity contribution is -0.127. The van der Waals surface area contributed by atoms with Crippen LogP contribution >= 0.6 is 0 Å². The minimum absolute atomic E-state index is 0.0223. The third-order valence-electron chi connectivity index (χ3n) is 3.83. The smallest absolute Gasteiger partial charge is 0.243 e. The molecule has 2 rings (SSSR count). The summed E-state index contributed by atoms with van der Waals surface area (Å²) >= 11 is 0. The number of nitrogens with zero attached hydrogens (tertiary/aromatic N) is 6. The van der Waals surface area contributed by atoms with E-state index in [0.29, 0.717) is 6.54 Å². The number of aliphatic imine (C=N–C) groups is 1. The van der Waals surface area contributed by atoms with Crippen LogP contribution in [-0.4, -0.2) is 85.0 Å². The van der Waals surface area contributed by atoms with Crippen molar-refractivity contribution in [3.05, 3.63) is 30.6 Å². The molecule has 0 bridgehead atoms. The second kappa shape index (κ2) is 9.00. The average Bonchev–Trinajstić information content (AvgIpc) is 2.62. The number of hydrogen-bond donors (Lipinski definition) is 1. The van der Waals surface area contributed by atoms with Gasteiger partial charge in [-0.15, -0.1) is 0 Å². The second-order valence-electron chi connectivity index (χ2n) is 6.26. The fourth-order valence-corrected chi connectivity index (χ4v) is 2.35. The average molecular weight is 345 g/mol. The van der Waals surface area contributed by atoms with Crippen molar-refractivity contribution >= 4 is 17.8 Å². The van der Waals surface area contributed by atoms with E-state index in [4.69, 9.17) is 0 Å². The van der Waals surface area contributed by atoms with Gasteiger partial charge in [-0.05, 0) is 13.0 Å². The summed E-state index contributed by atoms with van der Waals surface area (Å²) in [5.74, 6) is 1.47. The largest absolute Gasteiger partial charge is 0.352 e. The molecule has 0 atom stereocenters. The summed E-state index contributed by atoms with van der Waals surface area (Å²) in [7, 11) is 3.47. The number of piperazine rings is 1. The monoisotopic (exact) mass is 345 g/mol. The van der Waals surface area contributed by atoms with E-state index in [2.05, 4.69) is 36.7 Å². The summed E-state index contributed by atoms with van der Waals surface area (Å²) in [6.45, 7) is 9.82. The molecule has 25 heavy (non-hydrogen) atoms. The highest BCUT2D eigenvalue weighted by Crippen LogP contribution is 2.10. The van der Waals surface area contributed by atoms with Gasteiger partial charge in [0.2, 0.25) is 11.9 Å². The molecule has 0 unspecified atom stereocenters. The van der Waals surface area contributed by atoms with Crippen LogP contribution in [0.4, 0.5) is 5.95 Å². The van der Waals surface area contributed by atoms with Crippen LogP contribution < -0.4 is 10.2 Å². The molecule has 0 spiro atoms. The Hall–Kier alpha value is -2.64. The second-order valence-corrected chi connectivity index (χ2v) is 6.26. The van der Waals surface area contributed by atoms with Gasteiger partial charge < -0.3 is 20.0 Å². The van der Waals surface area contributed by atoms with E-state index in [9.17, 15) is 4.79 Å². The molecule has 0 saturated carbocycles. The first-order valence-electron chi connectivity index (χ1n) is 8.37. The lowest BCUT2D eigenvalue weighted by atomic mass is 10.3. The maximum absolute atomic E-state index is 11.8. The zero-order chi connectivity index (χ0) is 18.2. The molecular weight excluding hydrogens is 318 g/mol. The molecule has 0 radical (unpaired) electrons. The highest BCUT2D eigenvalue weighted by molar-refractivity contribution is 5.85. The summed E-state index contributed by atoms with van der Waals surface area (Å²) in [6, 6.07) is 1.81. The summed E-state index contributed by atoms with van der Waals surface area (Å²) in [5.41, 5.74) is 1.02. The van der Waals surface area contributed by atoms with Crippen molar-refractivity contribution in [2.75, 3.05) is 58.3 Å². The predicted molar refractivity (Wildman–Crippen MR) is 99.6 cm³/mol. The zero-order valence-electron chi connectivity index (χ0n) is 15.3. The van der Waals surface area contributed by atoms with Crippen molar-refractivity contribution in [1.82, 2.24) is 25.1 Å². The summed E-state index contributed by atoms with van der Waals surface area (Å²) < 4.78 is 0. The van der Waals surface area contributed by atoms with Gasteiger partial charge in [-0.25, -0.2) is 15.0 Å². The first-order valence-corrected chi connectivity index (χ1v) is 8.37. The topological polar surface area (TPSA) is 77.0 Å². The quantitative estimate of drug-likeness (QED) is 0.467. The fourth-order valence-electron chi connectivity index (χ4n) is 2.35. The first-order chi connectivity index (χ1) is 12.0.